The second kappa shape index (κ2) is 14.3. The maximum absolute atomic E-state index is 11.7. The maximum Gasteiger partial charge on any atom is 1.00 e. The van der Waals surface area contributed by atoms with Gasteiger partial charge < -0.3 is 29.9 Å². The molecule has 134 valence electrons. The van der Waals surface area contributed by atoms with Crippen LogP contribution in [0.4, 0.5) is 0 Å². The van der Waals surface area contributed by atoms with Crippen LogP contribution in [0.2, 0.25) is 0 Å². The molecule has 0 spiro atoms. The molecule has 0 heterocycles. The molecule has 0 fully saturated rings. The van der Waals surface area contributed by atoms with Crippen molar-refractivity contribution in [3.8, 4) is 0 Å². The van der Waals surface area contributed by atoms with Crippen LogP contribution in [0.25, 0.3) is 0 Å². The second-order valence-corrected chi connectivity index (χ2v) is 5.76. The monoisotopic (exact) mass is 339 g/mol. The first kappa shape index (κ1) is 25.2. The Labute approximate surface area is 155 Å². The van der Waals surface area contributed by atoms with E-state index in [1.54, 1.807) is 0 Å². The molecular weight excluding hydrogens is 311 g/mol. The van der Waals surface area contributed by atoms with E-state index in [4.69, 9.17) is 10.2 Å². The second-order valence-electron chi connectivity index (χ2n) is 5.76. The number of nitrogens with one attached hydrogen (secondary N) is 1. The average molecular weight is 339 g/mol. The van der Waals surface area contributed by atoms with E-state index in [1.165, 1.54) is 0 Å². The Morgan fingerprint density at radius 1 is 1.08 bits per heavy atom. The first-order chi connectivity index (χ1) is 10.8. The molecule has 0 bridgehead atoms. The Morgan fingerprint density at radius 2 is 1.75 bits per heavy atom. The average Bonchev–Trinajstić information content (AvgIpc) is 2.42. The fraction of sp³-hybridized carbons (Fsp3) is 0.800. The summed E-state index contributed by atoms with van der Waals surface area (Å²) < 4.78 is -0.357. The van der Waals surface area contributed by atoms with Crippen molar-refractivity contribution in [1.29, 1.82) is 0 Å². The van der Waals surface area contributed by atoms with E-state index in [0.29, 0.717) is 6.42 Å². The van der Waals surface area contributed by atoms with Crippen LogP contribution in [0.3, 0.4) is 0 Å². The molecule has 0 aromatic carbocycles. The summed E-state index contributed by atoms with van der Waals surface area (Å²) >= 11 is 0. The Kier molecular flexibility index (Phi) is 15.0. The number of nitrogens with zero attached hydrogens (tertiary/aromatic N) is 1. The molecule has 3 N–H and O–H groups in total. The van der Waals surface area contributed by atoms with Gasteiger partial charge in [-0.25, -0.2) is 4.79 Å². The minimum Gasteiger partial charge on any atom is -0.544 e. The number of unbranched alkanes of at least 4 members (excludes halogenated alkanes) is 3. The summed E-state index contributed by atoms with van der Waals surface area (Å²) in [4.78, 5) is 33.5. The number of aliphatic carboxylic acids is 2. The van der Waals surface area contributed by atoms with Crippen LogP contribution in [-0.4, -0.2) is 71.9 Å². The van der Waals surface area contributed by atoms with Crippen molar-refractivity contribution in [3.05, 3.63) is 0 Å². The third-order valence-electron chi connectivity index (χ3n) is 3.68. The molecule has 0 aromatic rings. The van der Waals surface area contributed by atoms with E-state index in [0.717, 1.165) is 25.7 Å². The SMILES string of the molecule is CCCCCCC(=O)NCC[N+](CCO)(CC(=O)[O-])CC(=O)O.[Li+]. The normalized spacial score (nSPS) is 12.8. The van der Waals surface area contributed by atoms with Crippen molar-refractivity contribution in [2.75, 3.05) is 39.3 Å². The molecule has 1 atom stereocenters. The number of amides is 1. The van der Waals surface area contributed by atoms with Gasteiger partial charge >= 0.3 is 24.8 Å². The maximum atomic E-state index is 11.7. The van der Waals surface area contributed by atoms with Gasteiger partial charge in [0.15, 0.2) is 6.54 Å². The zero-order chi connectivity index (χ0) is 17.7. The van der Waals surface area contributed by atoms with E-state index in [2.05, 4.69) is 12.2 Å². The summed E-state index contributed by atoms with van der Waals surface area (Å²) in [5.74, 6) is -2.68. The van der Waals surface area contributed by atoms with Crippen LogP contribution in [-0.2, 0) is 14.4 Å². The summed E-state index contributed by atoms with van der Waals surface area (Å²) in [5.41, 5.74) is 0. The number of carboxylic acids is 2. The van der Waals surface area contributed by atoms with Gasteiger partial charge in [-0.2, -0.15) is 0 Å². The smallest absolute Gasteiger partial charge is 0.544 e. The minimum atomic E-state index is -1.38. The topological polar surface area (TPSA) is 127 Å². The van der Waals surface area contributed by atoms with Gasteiger partial charge in [-0.3, -0.25) is 4.79 Å². The van der Waals surface area contributed by atoms with E-state index in [1.807, 2.05) is 0 Å². The number of carboxylic acid groups (broad SMARTS) is 2. The van der Waals surface area contributed by atoms with Gasteiger partial charge in [0.2, 0.25) is 5.91 Å². The van der Waals surface area contributed by atoms with Crippen molar-refractivity contribution in [1.82, 2.24) is 5.32 Å². The molecule has 24 heavy (non-hydrogen) atoms. The summed E-state index contributed by atoms with van der Waals surface area (Å²) in [6.45, 7) is 1.03. The van der Waals surface area contributed by atoms with Crippen molar-refractivity contribution >= 4 is 17.8 Å². The van der Waals surface area contributed by atoms with E-state index in [9.17, 15) is 19.5 Å². The zero-order valence-corrected chi connectivity index (χ0v) is 14.8. The molecule has 8 nitrogen and oxygen atoms in total. The van der Waals surface area contributed by atoms with Gasteiger partial charge in [0.05, 0.1) is 25.7 Å². The summed E-state index contributed by atoms with van der Waals surface area (Å²) in [6.07, 6.45) is 4.34. The molecule has 0 radical (unpaired) electrons. The molecule has 0 saturated heterocycles. The summed E-state index contributed by atoms with van der Waals surface area (Å²) in [5, 5.41) is 31.6. The van der Waals surface area contributed by atoms with Crippen LogP contribution in [0.1, 0.15) is 39.0 Å². The van der Waals surface area contributed by atoms with Crippen LogP contribution in [0.15, 0.2) is 0 Å². The molecule has 1 amide bonds. The molecule has 0 saturated carbocycles. The fourth-order valence-electron chi connectivity index (χ4n) is 2.49. The Morgan fingerprint density at radius 3 is 2.25 bits per heavy atom. The van der Waals surface area contributed by atoms with Gasteiger partial charge in [-0.1, -0.05) is 26.2 Å². The van der Waals surface area contributed by atoms with E-state index < -0.39 is 25.0 Å². The predicted octanol–water partition coefficient (Wildman–Crippen LogP) is -4.28. The van der Waals surface area contributed by atoms with Crippen molar-refractivity contribution in [2.45, 2.75) is 39.0 Å². The molecule has 0 aliphatic heterocycles. The standard InChI is InChI=1S/C15H28N2O6.Li/c1-2-3-4-5-6-13(19)16-7-8-17(9-10-18,11-14(20)21)12-15(22)23;/h18H,2-12H2,1H3,(H2-,16,19,20,21,22,23);/q;+1. The molecule has 0 rings (SSSR count). The summed E-state index contributed by atoms with van der Waals surface area (Å²) in [7, 11) is 0. The Balaban J connectivity index is 0. The molecule has 9 heteroatoms. The number of aliphatic hydroxyl groups excluding tert-OH is 1. The predicted molar refractivity (Wildman–Crippen MR) is 81.2 cm³/mol. The largest absolute Gasteiger partial charge is 1.00 e. The number of hydrogen-bond donors (Lipinski definition) is 3. The fourth-order valence-corrected chi connectivity index (χ4v) is 2.49. The molecular formula is C15H28LiN2O6+. The van der Waals surface area contributed by atoms with Crippen molar-refractivity contribution in [3.63, 3.8) is 0 Å². The first-order valence-corrected chi connectivity index (χ1v) is 7.99. The Hall–Kier alpha value is -1.07. The Bertz CT molecular complexity index is 376. The zero-order valence-electron chi connectivity index (χ0n) is 14.8. The third-order valence-corrected chi connectivity index (χ3v) is 3.68. The van der Waals surface area contributed by atoms with Gasteiger partial charge in [0, 0.05) is 6.42 Å². The van der Waals surface area contributed by atoms with E-state index in [-0.39, 0.29) is 55.5 Å². The number of carbonyl (C=O) groups excluding carboxylic acids is 2. The number of aliphatic hydroxyl groups is 1. The van der Waals surface area contributed by atoms with Gasteiger partial charge in [-0.05, 0) is 6.42 Å². The first-order valence-electron chi connectivity index (χ1n) is 7.99. The quantitative estimate of drug-likeness (QED) is 0.167. The van der Waals surface area contributed by atoms with Crippen molar-refractivity contribution < 1.29 is 53.0 Å². The van der Waals surface area contributed by atoms with E-state index >= 15 is 0 Å². The molecule has 0 aromatic heterocycles. The van der Waals surface area contributed by atoms with Crippen molar-refractivity contribution in [2.24, 2.45) is 0 Å². The third kappa shape index (κ3) is 12.4. The molecule has 1 unspecified atom stereocenters. The van der Waals surface area contributed by atoms with Gasteiger partial charge in [0.1, 0.15) is 13.1 Å². The molecule has 0 aliphatic rings. The number of rotatable bonds is 14. The van der Waals surface area contributed by atoms with Gasteiger partial charge in [0.25, 0.3) is 0 Å². The van der Waals surface area contributed by atoms with Crippen LogP contribution < -0.4 is 29.3 Å². The number of hydrogen-bond acceptors (Lipinski definition) is 5. The van der Waals surface area contributed by atoms with Crippen LogP contribution in [0.5, 0.6) is 0 Å². The van der Waals surface area contributed by atoms with Gasteiger partial charge in [-0.15, -0.1) is 0 Å². The van der Waals surface area contributed by atoms with Crippen LogP contribution >= 0.6 is 0 Å². The minimum absolute atomic E-state index is 0. The van der Waals surface area contributed by atoms with Crippen LogP contribution in [0, 0.1) is 0 Å². The number of carbonyl (C=O) groups is 3. The summed E-state index contributed by atoms with van der Waals surface area (Å²) in [6, 6.07) is 0. The number of quaternary nitrogens is 1. The molecule has 0 aliphatic carbocycles.